The van der Waals surface area contributed by atoms with Crippen LogP contribution in [0, 0.1) is 0 Å². The van der Waals surface area contributed by atoms with Crippen LogP contribution in [0.25, 0.3) is 11.4 Å². The fraction of sp³-hybridized carbons (Fsp3) is 0.125. The van der Waals surface area contributed by atoms with E-state index < -0.39 is 11.7 Å². The van der Waals surface area contributed by atoms with Crippen LogP contribution in [0.3, 0.4) is 0 Å². The summed E-state index contributed by atoms with van der Waals surface area (Å²) in [4.78, 5) is 11.6. The van der Waals surface area contributed by atoms with Gasteiger partial charge in [-0.15, -0.1) is 0 Å². The molecular weight excluding hydrogens is 371 g/mol. The zero-order chi connectivity index (χ0) is 16.4. The fourth-order valence-electron chi connectivity index (χ4n) is 2.19. The molecule has 0 fully saturated rings. The molecule has 0 unspecified atom stereocenters. The number of pyridine rings is 1. The third-order valence-electron chi connectivity index (χ3n) is 3.25. The molecule has 2 aromatic heterocycles. The van der Waals surface area contributed by atoms with E-state index in [0.29, 0.717) is 27.4 Å². The van der Waals surface area contributed by atoms with Crippen molar-refractivity contribution in [3.05, 3.63) is 70.2 Å². The second-order valence-electron chi connectivity index (χ2n) is 4.96. The van der Waals surface area contributed by atoms with Crippen molar-refractivity contribution in [2.24, 2.45) is 0 Å². The highest BCUT2D eigenvalue weighted by molar-refractivity contribution is 9.10. The Morgan fingerprint density at radius 3 is 2.61 bits per heavy atom. The number of aromatic nitrogens is 3. The van der Waals surface area contributed by atoms with Gasteiger partial charge in [-0.25, -0.2) is 9.97 Å². The maximum absolute atomic E-state index is 12.7. The van der Waals surface area contributed by atoms with E-state index in [0.717, 1.165) is 12.1 Å². The SMILES string of the molecule is FC(F)(F)c1cccc(Cc2ncc(-c3cccc(Br)n3)[nH]2)c1. The normalized spacial score (nSPS) is 11.7. The second kappa shape index (κ2) is 6.16. The molecule has 3 nitrogen and oxygen atoms in total. The zero-order valence-corrected chi connectivity index (χ0v) is 13.3. The minimum absolute atomic E-state index is 0.290. The molecule has 0 amide bonds. The minimum atomic E-state index is -4.34. The number of nitrogens with one attached hydrogen (secondary N) is 1. The first-order chi connectivity index (χ1) is 10.9. The van der Waals surface area contributed by atoms with Gasteiger partial charge < -0.3 is 4.98 Å². The van der Waals surface area contributed by atoms with Crippen molar-refractivity contribution in [2.75, 3.05) is 0 Å². The van der Waals surface area contributed by atoms with E-state index in [1.165, 1.54) is 6.07 Å². The molecule has 0 spiro atoms. The monoisotopic (exact) mass is 381 g/mol. The van der Waals surface area contributed by atoms with Crippen molar-refractivity contribution in [3.63, 3.8) is 0 Å². The summed E-state index contributed by atoms with van der Waals surface area (Å²) in [5.41, 5.74) is 1.31. The van der Waals surface area contributed by atoms with Gasteiger partial charge in [0.1, 0.15) is 10.4 Å². The Balaban J connectivity index is 1.82. The highest BCUT2D eigenvalue weighted by Gasteiger charge is 2.30. The highest BCUT2D eigenvalue weighted by Crippen LogP contribution is 2.30. The number of rotatable bonds is 3. The molecule has 7 heteroatoms. The Bertz CT molecular complexity index is 827. The van der Waals surface area contributed by atoms with Crippen LogP contribution in [0.15, 0.2) is 53.3 Å². The topological polar surface area (TPSA) is 41.6 Å². The van der Waals surface area contributed by atoms with Gasteiger partial charge in [0.2, 0.25) is 0 Å². The largest absolute Gasteiger partial charge is 0.416 e. The van der Waals surface area contributed by atoms with E-state index >= 15 is 0 Å². The summed E-state index contributed by atoms with van der Waals surface area (Å²) in [6.07, 6.45) is -2.43. The lowest BCUT2D eigenvalue weighted by Gasteiger charge is -2.07. The predicted octanol–water partition coefficient (Wildman–Crippen LogP) is 4.84. The number of H-pyrrole nitrogens is 1. The molecular formula is C16H11BrF3N3. The number of aromatic amines is 1. The molecule has 0 aliphatic heterocycles. The van der Waals surface area contributed by atoms with E-state index in [1.807, 2.05) is 18.2 Å². The average Bonchev–Trinajstić information content (AvgIpc) is 2.95. The molecule has 2 heterocycles. The van der Waals surface area contributed by atoms with E-state index in [1.54, 1.807) is 12.3 Å². The van der Waals surface area contributed by atoms with E-state index in [9.17, 15) is 13.2 Å². The molecule has 0 saturated carbocycles. The molecule has 0 bridgehead atoms. The van der Waals surface area contributed by atoms with Crippen LogP contribution >= 0.6 is 15.9 Å². The van der Waals surface area contributed by atoms with Gasteiger partial charge in [0.25, 0.3) is 0 Å². The zero-order valence-electron chi connectivity index (χ0n) is 11.7. The Morgan fingerprint density at radius 1 is 1.09 bits per heavy atom. The number of nitrogens with zero attached hydrogens (tertiary/aromatic N) is 2. The quantitative estimate of drug-likeness (QED) is 0.659. The molecule has 0 aliphatic rings. The van der Waals surface area contributed by atoms with Crippen LogP contribution < -0.4 is 0 Å². The maximum Gasteiger partial charge on any atom is 0.416 e. The Morgan fingerprint density at radius 2 is 1.87 bits per heavy atom. The average molecular weight is 382 g/mol. The van der Waals surface area contributed by atoms with Crippen LogP contribution in [0.2, 0.25) is 0 Å². The second-order valence-corrected chi connectivity index (χ2v) is 5.78. The number of benzene rings is 1. The van der Waals surface area contributed by atoms with Crippen LogP contribution in [0.1, 0.15) is 17.0 Å². The molecule has 1 N–H and O–H groups in total. The molecule has 1 aromatic carbocycles. The van der Waals surface area contributed by atoms with Crippen molar-refractivity contribution in [1.29, 1.82) is 0 Å². The molecule has 118 valence electrons. The lowest BCUT2D eigenvalue weighted by atomic mass is 10.1. The first-order valence-electron chi connectivity index (χ1n) is 6.75. The first kappa shape index (κ1) is 15.7. The van der Waals surface area contributed by atoms with Crippen LogP contribution in [-0.4, -0.2) is 15.0 Å². The molecule has 23 heavy (non-hydrogen) atoms. The predicted molar refractivity (Wildman–Crippen MR) is 83.8 cm³/mol. The molecule has 3 rings (SSSR count). The van der Waals surface area contributed by atoms with Gasteiger partial charge >= 0.3 is 6.18 Å². The van der Waals surface area contributed by atoms with Gasteiger partial charge in [0.05, 0.1) is 23.1 Å². The van der Waals surface area contributed by atoms with Crippen LogP contribution in [-0.2, 0) is 12.6 Å². The number of alkyl halides is 3. The van der Waals surface area contributed by atoms with Crippen molar-refractivity contribution >= 4 is 15.9 Å². The van der Waals surface area contributed by atoms with E-state index in [2.05, 4.69) is 30.9 Å². The van der Waals surface area contributed by atoms with Gasteiger partial charge in [-0.3, -0.25) is 0 Å². The summed E-state index contributed by atoms with van der Waals surface area (Å²) in [7, 11) is 0. The smallest absolute Gasteiger partial charge is 0.340 e. The summed E-state index contributed by atoms with van der Waals surface area (Å²) >= 11 is 3.29. The third-order valence-corrected chi connectivity index (χ3v) is 3.69. The molecule has 0 aliphatic carbocycles. The summed E-state index contributed by atoms with van der Waals surface area (Å²) < 4.78 is 38.9. The molecule has 0 saturated heterocycles. The van der Waals surface area contributed by atoms with Gasteiger partial charge in [-0.1, -0.05) is 24.3 Å². The molecule has 0 atom stereocenters. The van der Waals surface area contributed by atoms with Crippen molar-refractivity contribution in [2.45, 2.75) is 12.6 Å². The number of halogens is 4. The van der Waals surface area contributed by atoms with Gasteiger partial charge in [0, 0.05) is 6.42 Å². The van der Waals surface area contributed by atoms with Crippen molar-refractivity contribution in [3.8, 4) is 11.4 Å². The summed E-state index contributed by atoms with van der Waals surface area (Å²) in [5.74, 6) is 0.584. The lowest BCUT2D eigenvalue weighted by Crippen LogP contribution is -2.05. The summed E-state index contributed by atoms with van der Waals surface area (Å²) in [6.45, 7) is 0. The van der Waals surface area contributed by atoms with Crippen molar-refractivity contribution < 1.29 is 13.2 Å². The molecule has 3 aromatic rings. The fourth-order valence-corrected chi connectivity index (χ4v) is 2.54. The van der Waals surface area contributed by atoms with Gasteiger partial charge in [-0.05, 0) is 39.7 Å². The van der Waals surface area contributed by atoms with Crippen molar-refractivity contribution in [1.82, 2.24) is 15.0 Å². The molecule has 0 radical (unpaired) electrons. The Hall–Kier alpha value is -2.15. The van der Waals surface area contributed by atoms with Crippen LogP contribution in [0.5, 0.6) is 0 Å². The number of hydrogen-bond acceptors (Lipinski definition) is 2. The van der Waals surface area contributed by atoms with Gasteiger partial charge in [0.15, 0.2) is 0 Å². The third kappa shape index (κ3) is 3.79. The number of imidazole rings is 1. The summed E-state index contributed by atoms with van der Waals surface area (Å²) in [5, 5.41) is 0. The Labute approximate surface area is 138 Å². The highest BCUT2D eigenvalue weighted by atomic mass is 79.9. The minimum Gasteiger partial charge on any atom is -0.340 e. The van der Waals surface area contributed by atoms with Crippen LogP contribution in [0.4, 0.5) is 13.2 Å². The lowest BCUT2D eigenvalue weighted by molar-refractivity contribution is -0.137. The summed E-state index contributed by atoms with van der Waals surface area (Å²) in [6, 6.07) is 10.7. The van der Waals surface area contributed by atoms with E-state index in [4.69, 9.17) is 0 Å². The first-order valence-corrected chi connectivity index (χ1v) is 7.54. The van der Waals surface area contributed by atoms with E-state index in [-0.39, 0.29) is 6.42 Å². The maximum atomic E-state index is 12.7. The van der Waals surface area contributed by atoms with Gasteiger partial charge in [-0.2, -0.15) is 13.2 Å². The standard InChI is InChI=1S/C16H11BrF3N3/c17-14-6-2-5-12(22-14)13-9-21-15(23-13)8-10-3-1-4-11(7-10)16(18,19)20/h1-7,9H,8H2,(H,21,23). The Kier molecular flexibility index (Phi) is 4.21. The number of hydrogen-bond donors (Lipinski definition) is 1.